The fourth-order valence-electron chi connectivity index (χ4n) is 4.93. The quantitative estimate of drug-likeness (QED) is 0.696. The van der Waals surface area contributed by atoms with Crippen molar-refractivity contribution in [3.05, 3.63) is 51.8 Å². The largest absolute Gasteiger partial charge is 0.477 e. The number of nitrogens with zero attached hydrogens (tertiary/aromatic N) is 3. The van der Waals surface area contributed by atoms with Crippen LogP contribution < -0.4 is 5.43 Å². The number of carboxylic acids is 1. The molecule has 0 aliphatic carbocycles. The second kappa shape index (κ2) is 7.05. The van der Waals surface area contributed by atoms with Crippen LogP contribution in [-0.4, -0.2) is 38.6 Å². The third-order valence-corrected chi connectivity index (χ3v) is 6.62. The third kappa shape index (κ3) is 3.28. The van der Waals surface area contributed by atoms with E-state index in [0.29, 0.717) is 12.5 Å². The summed E-state index contributed by atoms with van der Waals surface area (Å²) in [5, 5.41) is 15.5. The molecule has 31 heavy (non-hydrogen) atoms. The minimum absolute atomic E-state index is 0.0327. The molecule has 3 aromatic rings. The maximum absolute atomic E-state index is 12.6. The maximum atomic E-state index is 12.6. The van der Waals surface area contributed by atoms with Crippen molar-refractivity contribution in [3.63, 3.8) is 0 Å². The Morgan fingerprint density at radius 2 is 2.13 bits per heavy atom. The standard InChI is InChI=1S/C24H27N3O4/c1-24(2,3)20-12-27-22(18-10-19(28)17(23(29)30)11-26(18)20)16-6-4-5-15(21(16)25-27)9-14-7-8-31-13-14/h4-6,10-11,14,20H,7-9,12-13H2,1-3H3,(H,29,30). The lowest BCUT2D eigenvalue weighted by Crippen LogP contribution is -2.35. The van der Waals surface area contributed by atoms with Gasteiger partial charge in [0, 0.05) is 30.9 Å². The van der Waals surface area contributed by atoms with Gasteiger partial charge < -0.3 is 14.4 Å². The molecule has 2 aromatic heterocycles. The highest BCUT2D eigenvalue weighted by Crippen LogP contribution is 2.42. The van der Waals surface area contributed by atoms with Gasteiger partial charge in [-0.05, 0) is 29.7 Å². The van der Waals surface area contributed by atoms with Crippen molar-refractivity contribution in [1.29, 1.82) is 0 Å². The molecule has 1 fully saturated rings. The van der Waals surface area contributed by atoms with Gasteiger partial charge in [0.1, 0.15) is 5.56 Å². The smallest absolute Gasteiger partial charge is 0.341 e. The number of ether oxygens (including phenoxy) is 1. The summed E-state index contributed by atoms with van der Waals surface area (Å²) >= 11 is 0. The minimum atomic E-state index is -1.20. The molecule has 2 unspecified atom stereocenters. The van der Waals surface area contributed by atoms with Crippen LogP contribution in [0, 0.1) is 11.3 Å². The molecular formula is C24H27N3O4. The van der Waals surface area contributed by atoms with Gasteiger partial charge in [-0.15, -0.1) is 0 Å². The first-order valence-electron chi connectivity index (χ1n) is 10.8. The molecule has 7 heteroatoms. The Morgan fingerprint density at radius 3 is 2.81 bits per heavy atom. The van der Waals surface area contributed by atoms with Crippen LogP contribution in [-0.2, 0) is 17.7 Å². The van der Waals surface area contributed by atoms with E-state index >= 15 is 0 Å². The Kier molecular flexibility index (Phi) is 4.55. The summed E-state index contributed by atoms with van der Waals surface area (Å²) in [4.78, 5) is 24.3. The molecule has 1 saturated heterocycles. The van der Waals surface area contributed by atoms with Crippen molar-refractivity contribution in [2.24, 2.45) is 11.3 Å². The Bertz CT molecular complexity index is 1240. The monoisotopic (exact) mass is 421 g/mol. The zero-order valence-electron chi connectivity index (χ0n) is 18.1. The van der Waals surface area contributed by atoms with E-state index in [1.807, 2.05) is 21.4 Å². The minimum Gasteiger partial charge on any atom is -0.477 e. The predicted octanol–water partition coefficient (Wildman–Crippen LogP) is 3.74. The highest BCUT2D eigenvalue weighted by molar-refractivity contribution is 5.95. The fraction of sp³-hybridized carbons (Fsp3) is 0.458. The number of hydrogen-bond donors (Lipinski definition) is 1. The van der Waals surface area contributed by atoms with Gasteiger partial charge in [-0.1, -0.05) is 39.0 Å². The number of hydrogen-bond acceptors (Lipinski definition) is 4. The van der Waals surface area contributed by atoms with Crippen LogP contribution in [0.2, 0.25) is 0 Å². The maximum Gasteiger partial charge on any atom is 0.341 e. The Hall–Kier alpha value is -2.93. The predicted molar refractivity (Wildman–Crippen MR) is 118 cm³/mol. The van der Waals surface area contributed by atoms with Crippen molar-refractivity contribution < 1.29 is 14.6 Å². The van der Waals surface area contributed by atoms with Crippen molar-refractivity contribution in [3.8, 4) is 11.4 Å². The van der Waals surface area contributed by atoms with Gasteiger partial charge in [-0.25, -0.2) is 4.79 Å². The van der Waals surface area contributed by atoms with Crippen molar-refractivity contribution >= 4 is 16.9 Å². The Morgan fingerprint density at radius 1 is 1.32 bits per heavy atom. The molecule has 0 amide bonds. The van der Waals surface area contributed by atoms with Gasteiger partial charge >= 0.3 is 5.97 Å². The third-order valence-electron chi connectivity index (χ3n) is 6.62. The number of fused-ring (bicyclic) bond motifs is 5. The highest BCUT2D eigenvalue weighted by Gasteiger charge is 2.35. The lowest BCUT2D eigenvalue weighted by Gasteiger charge is -2.38. The molecule has 4 heterocycles. The molecule has 2 atom stereocenters. The lowest BCUT2D eigenvalue weighted by atomic mass is 9.84. The Labute approximate surface area is 180 Å². The molecule has 0 bridgehead atoms. The van der Waals surface area contributed by atoms with E-state index in [4.69, 9.17) is 9.84 Å². The number of carbonyl (C=O) groups is 1. The topological polar surface area (TPSA) is 86.3 Å². The molecular weight excluding hydrogens is 394 g/mol. The molecule has 0 radical (unpaired) electrons. The van der Waals surface area contributed by atoms with E-state index in [1.54, 1.807) is 0 Å². The molecule has 2 aliphatic heterocycles. The van der Waals surface area contributed by atoms with Gasteiger partial charge in [0.25, 0.3) is 0 Å². The normalized spacial score (nSPS) is 20.6. The second-order valence-corrected chi connectivity index (χ2v) is 9.81. The molecule has 1 N–H and O–H groups in total. The first-order valence-corrected chi connectivity index (χ1v) is 10.8. The van der Waals surface area contributed by atoms with Crippen molar-refractivity contribution in [2.75, 3.05) is 13.2 Å². The van der Waals surface area contributed by atoms with Gasteiger partial charge in [0.2, 0.25) is 0 Å². The van der Waals surface area contributed by atoms with Crippen molar-refractivity contribution in [2.45, 2.75) is 46.2 Å². The summed E-state index contributed by atoms with van der Waals surface area (Å²) in [6, 6.07) is 7.64. The summed E-state index contributed by atoms with van der Waals surface area (Å²) < 4.78 is 9.53. The van der Waals surface area contributed by atoms with Crippen LogP contribution in [0.25, 0.3) is 22.3 Å². The van der Waals surface area contributed by atoms with E-state index in [-0.39, 0.29) is 17.0 Å². The molecule has 2 aliphatic rings. The average molecular weight is 421 g/mol. The van der Waals surface area contributed by atoms with E-state index in [2.05, 4.69) is 26.8 Å². The van der Waals surface area contributed by atoms with E-state index in [9.17, 15) is 14.7 Å². The van der Waals surface area contributed by atoms with Gasteiger partial charge in [0.05, 0.1) is 29.5 Å². The van der Waals surface area contributed by atoms with Crippen LogP contribution in [0.15, 0.2) is 35.3 Å². The van der Waals surface area contributed by atoms with Crippen LogP contribution in [0.5, 0.6) is 0 Å². The zero-order chi connectivity index (χ0) is 21.9. The number of rotatable bonds is 3. The summed E-state index contributed by atoms with van der Waals surface area (Å²) in [7, 11) is 0. The first-order chi connectivity index (χ1) is 14.7. The molecule has 5 rings (SSSR count). The number of pyridine rings is 1. The van der Waals surface area contributed by atoms with Gasteiger partial charge in [0.15, 0.2) is 5.43 Å². The van der Waals surface area contributed by atoms with E-state index in [0.717, 1.165) is 48.3 Å². The second-order valence-electron chi connectivity index (χ2n) is 9.81. The summed E-state index contributed by atoms with van der Waals surface area (Å²) in [5.41, 5.74) is 2.93. The van der Waals surface area contributed by atoms with Crippen molar-refractivity contribution in [1.82, 2.24) is 14.3 Å². The highest BCUT2D eigenvalue weighted by atomic mass is 16.5. The fourth-order valence-corrected chi connectivity index (χ4v) is 4.93. The zero-order valence-corrected chi connectivity index (χ0v) is 18.1. The molecule has 7 nitrogen and oxygen atoms in total. The first kappa shape index (κ1) is 20.0. The number of aromatic nitrogens is 3. The molecule has 162 valence electrons. The van der Waals surface area contributed by atoms with E-state index < -0.39 is 11.4 Å². The van der Waals surface area contributed by atoms with Crippen LogP contribution in [0.1, 0.15) is 49.2 Å². The number of aromatic carboxylic acids is 1. The lowest BCUT2D eigenvalue weighted by molar-refractivity contribution is 0.0693. The molecule has 0 spiro atoms. The van der Waals surface area contributed by atoms with Gasteiger partial charge in [-0.2, -0.15) is 5.10 Å². The van der Waals surface area contributed by atoms with Crippen LogP contribution >= 0.6 is 0 Å². The van der Waals surface area contributed by atoms with Crippen LogP contribution in [0.4, 0.5) is 0 Å². The summed E-state index contributed by atoms with van der Waals surface area (Å²) in [6.07, 6.45) is 3.49. The number of carboxylic acid groups (broad SMARTS) is 1. The van der Waals surface area contributed by atoms with E-state index in [1.165, 1.54) is 17.8 Å². The SMILES string of the molecule is CC(C)(C)C1Cn2nc3c(CC4CCOC4)cccc3c2-c2cc(=O)c(C(=O)O)cn21. The molecule has 0 saturated carbocycles. The average Bonchev–Trinajstić information content (AvgIpc) is 3.34. The summed E-state index contributed by atoms with van der Waals surface area (Å²) in [5.74, 6) is -0.697. The Balaban J connectivity index is 1.73. The molecule has 1 aromatic carbocycles. The number of benzene rings is 1. The summed E-state index contributed by atoms with van der Waals surface area (Å²) in [6.45, 7) is 8.59. The van der Waals surface area contributed by atoms with Gasteiger partial charge in [-0.3, -0.25) is 9.48 Å². The van der Waals surface area contributed by atoms with Crippen LogP contribution in [0.3, 0.4) is 0 Å².